The van der Waals surface area contributed by atoms with Gasteiger partial charge in [-0.05, 0) is 39.0 Å². The van der Waals surface area contributed by atoms with E-state index in [9.17, 15) is 18.0 Å². The molecule has 0 saturated heterocycles. The van der Waals surface area contributed by atoms with Crippen LogP contribution in [0.25, 0.3) is 11.5 Å². The average Bonchev–Trinajstić information content (AvgIpc) is 2.95. The normalized spacial score (nSPS) is 18.6. The average molecular weight is 473 g/mol. The molecule has 1 aromatic heterocycles. The van der Waals surface area contributed by atoms with Crippen molar-refractivity contribution in [2.24, 2.45) is 0 Å². The topological polar surface area (TPSA) is 140 Å². The Kier molecular flexibility index (Phi) is 5.19. The van der Waals surface area contributed by atoms with Gasteiger partial charge in [-0.15, -0.1) is 10.2 Å². The maximum atomic E-state index is 12.7. The number of anilines is 1. The Morgan fingerprint density at radius 2 is 2.07 bits per heavy atom. The van der Waals surface area contributed by atoms with Crippen molar-refractivity contribution in [1.29, 1.82) is 0 Å². The van der Waals surface area contributed by atoms with Crippen LogP contribution in [0.1, 0.15) is 20.8 Å². The molecular weight excluding hydrogens is 456 g/mol. The molecule has 1 atom stereocenters. The van der Waals surface area contributed by atoms with Gasteiger partial charge in [0, 0.05) is 21.5 Å². The number of rotatable bonds is 2. The first kappa shape index (κ1) is 20.3. The number of carbonyl (C=O) groups excluding carboxylic acids is 2. The Hall–Kier alpha value is -2.47. The summed E-state index contributed by atoms with van der Waals surface area (Å²) in [7, 11) is -3.87. The van der Waals surface area contributed by atoms with Crippen LogP contribution in [0.4, 0.5) is 10.5 Å². The number of nitrogens with zero attached hydrogens (tertiary/aromatic N) is 2. The van der Waals surface area contributed by atoms with E-state index in [1.54, 1.807) is 20.8 Å². The van der Waals surface area contributed by atoms with Crippen LogP contribution in [-0.2, 0) is 19.4 Å². The van der Waals surface area contributed by atoms with Gasteiger partial charge in [-0.3, -0.25) is 4.79 Å². The number of alkyl carbamates (subject to hydrolysis) is 1. The summed E-state index contributed by atoms with van der Waals surface area (Å²) in [6, 6.07) is 2.94. The molecule has 2 heterocycles. The first-order valence-electron chi connectivity index (χ1n) is 8.11. The van der Waals surface area contributed by atoms with Gasteiger partial charge in [0.25, 0.3) is 4.80 Å². The lowest BCUT2D eigenvalue weighted by molar-refractivity contribution is -0.117. The second-order valence-corrected chi connectivity index (χ2v) is 9.72. The van der Waals surface area contributed by atoms with Crippen LogP contribution in [0.3, 0.4) is 0 Å². The zero-order chi connectivity index (χ0) is 20.7. The summed E-state index contributed by atoms with van der Waals surface area (Å²) < 4.78 is 35.8. The summed E-state index contributed by atoms with van der Waals surface area (Å²) in [4.78, 5) is 24.6. The molecule has 0 saturated carbocycles. The first-order valence-corrected chi connectivity index (χ1v) is 10.6. The lowest BCUT2D eigenvalue weighted by Crippen LogP contribution is -2.48. The molecule has 2 aromatic rings. The Morgan fingerprint density at radius 3 is 2.68 bits per heavy atom. The van der Waals surface area contributed by atoms with E-state index in [-0.39, 0.29) is 21.3 Å². The third-order valence-corrected chi connectivity index (χ3v) is 5.73. The molecule has 0 spiro atoms. The molecule has 0 bridgehead atoms. The molecule has 10 nitrogen and oxygen atoms in total. The number of hydrogen-bond acceptors (Lipinski definition) is 8. The number of carbonyl (C=O) groups is 2. The fraction of sp³-hybridized carbons (Fsp3) is 0.375. The molecule has 150 valence electrons. The van der Waals surface area contributed by atoms with Gasteiger partial charge in [-0.25, -0.2) is 13.2 Å². The molecule has 3 rings (SSSR count). The van der Waals surface area contributed by atoms with Crippen molar-refractivity contribution >= 4 is 43.5 Å². The summed E-state index contributed by atoms with van der Waals surface area (Å²) >= 11 is 3.04. The smallest absolute Gasteiger partial charge is 0.408 e. The Balaban J connectivity index is 1.90. The van der Waals surface area contributed by atoms with E-state index in [0.29, 0.717) is 5.56 Å². The molecular formula is C16H17BrN4O6S. The second-order valence-electron chi connectivity index (χ2n) is 7.04. The maximum Gasteiger partial charge on any atom is 0.408 e. The number of fused-ring (bicyclic) bond motifs is 1. The largest absolute Gasteiger partial charge is 0.444 e. The van der Waals surface area contributed by atoms with Crippen LogP contribution < -0.4 is 10.6 Å². The number of aromatic nitrogens is 2. The molecule has 28 heavy (non-hydrogen) atoms. The van der Waals surface area contributed by atoms with Crippen LogP contribution in [0.5, 0.6) is 0 Å². The predicted octanol–water partition coefficient (Wildman–Crippen LogP) is 2.12. The van der Waals surface area contributed by atoms with Crippen molar-refractivity contribution in [3.63, 3.8) is 0 Å². The molecule has 12 heteroatoms. The highest BCUT2D eigenvalue weighted by atomic mass is 79.9. The van der Waals surface area contributed by atoms with Crippen LogP contribution in [0, 0.1) is 0 Å². The Morgan fingerprint density at radius 1 is 1.36 bits per heavy atom. The number of nitrogens with one attached hydrogen (secondary N) is 2. The molecule has 1 aliphatic heterocycles. The fourth-order valence-electron chi connectivity index (χ4n) is 2.52. The molecule has 2 amide bonds. The molecule has 0 aliphatic carbocycles. The van der Waals surface area contributed by atoms with Crippen molar-refractivity contribution in [2.75, 3.05) is 11.1 Å². The molecule has 2 N–H and O–H groups in total. The summed E-state index contributed by atoms with van der Waals surface area (Å²) in [6.45, 7) is 4.97. The van der Waals surface area contributed by atoms with Gasteiger partial charge >= 0.3 is 6.09 Å². The second kappa shape index (κ2) is 7.17. The Bertz CT molecular complexity index is 1040. The van der Waals surface area contributed by atoms with Gasteiger partial charge in [-0.1, -0.05) is 0 Å². The van der Waals surface area contributed by atoms with Crippen LogP contribution in [0.2, 0.25) is 0 Å². The van der Waals surface area contributed by atoms with Gasteiger partial charge in [0.15, 0.2) is 9.84 Å². The summed E-state index contributed by atoms with van der Waals surface area (Å²) in [6.07, 6.45) is -0.884. The van der Waals surface area contributed by atoms with Gasteiger partial charge in [0.2, 0.25) is 11.8 Å². The van der Waals surface area contributed by atoms with Gasteiger partial charge in [0.05, 0.1) is 16.3 Å². The minimum atomic E-state index is -3.87. The highest BCUT2D eigenvalue weighted by molar-refractivity contribution is 9.10. The fourth-order valence-corrected chi connectivity index (χ4v) is 4.32. The van der Waals surface area contributed by atoms with Crippen molar-refractivity contribution < 1.29 is 27.2 Å². The zero-order valence-electron chi connectivity index (χ0n) is 15.1. The number of hydrogen-bond donors (Lipinski definition) is 2. The minimum Gasteiger partial charge on any atom is -0.444 e. The van der Waals surface area contributed by atoms with Crippen LogP contribution in [-0.4, -0.2) is 48.0 Å². The standard InChI is InChI=1S/C16H17BrN4O6S/c1-16(2,3)27-15(23)19-10-7-28(24,25)11-5-4-8(6-9(11)18-12(10)22)13-20-21-14(17)26-13/h4-6,10H,7H2,1-3H3,(H,18,22)(H,19,23)/t10-/m0/s1. The van der Waals surface area contributed by atoms with Crippen molar-refractivity contribution in [2.45, 2.75) is 37.3 Å². The van der Waals surface area contributed by atoms with Gasteiger partial charge in [-0.2, -0.15) is 0 Å². The first-order chi connectivity index (χ1) is 12.9. The zero-order valence-corrected chi connectivity index (χ0v) is 17.5. The Labute approximate surface area is 169 Å². The SMILES string of the molecule is CC(C)(C)OC(=O)N[C@H]1CS(=O)(=O)c2ccc(-c3nnc(Br)o3)cc2NC1=O. The van der Waals surface area contributed by atoms with E-state index in [4.69, 9.17) is 9.15 Å². The highest BCUT2D eigenvalue weighted by Crippen LogP contribution is 2.31. The third-order valence-electron chi connectivity index (χ3n) is 3.61. The van der Waals surface area contributed by atoms with E-state index in [1.807, 2.05) is 0 Å². The molecule has 0 fully saturated rings. The minimum absolute atomic E-state index is 0.0605. The van der Waals surface area contributed by atoms with Crippen molar-refractivity contribution in [1.82, 2.24) is 15.5 Å². The van der Waals surface area contributed by atoms with Crippen molar-refractivity contribution in [3.05, 3.63) is 23.0 Å². The molecule has 0 radical (unpaired) electrons. The van der Waals surface area contributed by atoms with E-state index in [2.05, 4.69) is 36.8 Å². The predicted molar refractivity (Wildman–Crippen MR) is 101 cm³/mol. The highest BCUT2D eigenvalue weighted by Gasteiger charge is 2.35. The number of ether oxygens (including phenoxy) is 1. The number of sulfone groups is 1. The third kappa shape index (κ3) is 4.50. The van der Waals surface area contributed by atoms with Gasteiger partial charge < -0.3 is 19.8 Å². The van der Waals surface area contributed by atoms with E-state index in [1.165, 1.54) is 18.2 Å². The van der Waals surface area contributed by atoms with E-state index >= 15 is 0 Å². The maximum absolute atomic E-state index is 12.7. The number of benzene rings is 1. The molecule has 0 unspecified atom stereocenters. The molecule has 1 aromatic carbocycles. The monoisotopic (exact) mass is 472 g/mol. The van der Waals surface area contributed by atoms with Gasteiger partial charge in [0.1, 0.15) is 11.6 Å². The van der Waals surface area contributed by atoms with E-state index in [0.717, 1.165) is 0 Å². The van der Waals surface area contributed by atoms with Crippen molar-refractivity contribution in [3.8, 4) is 11.5 Å². The van der Waals surface area contributed by atoms with Crippen LogP contribution in [0.15, 0.2) is 32.3 Å². The summed E-state index contributed by atoms with van der Waals surface area (Å²) in [5.41, 5.74) is -0.309. The van der Waals surface area contributed by atoms with E-state index < -0.39 is 39.2 Å². The number of halogens is 1. The van der Waals surface area contributed by atoms with Crippen LogP contribution >= 0.6 is 15.9 Å². The number of amides is 2. The lowest BCUT2D eigenvalue weighted by Gasteiger charge is -2.22. The quantitative estimate of drug-likeness (QED) is 0.676. The molecule has 1 aliphatic rings. The summed E-state index contributed by atoms with van der Waals surface area (Å²) in [5.74, 6) is -1.14. The lowest BCUT2D eigenvalue weighted by atomic mass is 10.2. The summed E-state index contributed by atoms with van der Waals surface area (Å²) in [5, 5.41) is 12.3.